The number of hydrogen-bond acceptors (Lipinski definition) is 2. The van der Waals surface area contributed by atoms with E-state index in [0.717, 1.165) is 12.2 Å². The SMILES string of the molecule is CC(NC(=O)C(F)(F)C(F)(F)F)C(=O)O. The Hall–Kier alpha value is -1.41. The predicted molar refractivity (Wildman–Crippen MR) is 36.2 cm³/mol. The molecular weight excluding hydrogens is 229 g/mol. The number of amides is 1. The Balaban J connectivity index is 4.66. The molecule has 2 N–H and O–H groups in total. The van der Waals surface area contributed by atoms with E-state index in [1.807, 2.05) is 0 Å². The fourth-order valence-corrected chi connectivity index (χ4v) is 0.478. The van der Waals surface area contributed by atoms with Gasteiger partial charge in [-0.3, -0.25) is 9.59 Å². The smallest absolute Gasteiger partial charge is 0.463 e. The maximum absolute atomic E-state index is 12.2. The Labute approximate surface area is 80.1 Å². The van der Waals surface area contributed by atoms with E-state index in [1.54, 1.807) is 0 Å². The first-order valence-corrected chi connectivity index (χ1v) is 3.48. The quantitative estimate of drug-likeness (QED) is 0.710. The van der Waals surface area contributed by atoms with Crippen LogP contribution in [0.5, 0.6) is 0 Å². The van der Waals surface area contributed by atoms with Crippen molar-refractivity contribution in [3.63, 3.8) is 0 Å². The molecule has 0 rings (SSSR count). The number of hydrogen-bond donors (Lipinski definition) is 2. The average molecular weight is 235 g/mol. The van der Waals surface area contributed by atoms with Crippen molar-refractivity contribution in [1.82, 2.24) is 5.32 Å². The molecule has 0 aromatic rings. The van der Waals surface area contributed by atoms with Gasteiger partial charge in [0.05, 0.1) is 0 Å². The highest BCUT2D eigenvalue weighted by atomic mass is 19.4. The van der Waals surface area contributed by atoms with Crippen LogP contribution in [0.25, 0.3) is 0 Å². The summed E-state index contributed by atoms with van der Waals surface area (Å²) in [7, 11) is 0. The second-order valence-electron chi connectivity index (χ2n) is 2.61. The molecule has 0 aromatic heterocycles. The maximum Gasteiger partial charge on any atom is 0.463 e. The highest BCUT2D eigenvalue weighted by Gasteiger charge is 2.63. The number of rotatable bonds is 3. The Morgan fingerprint density at radius 3 is 1.87 bits per heavy atom. The van der Waals surface area contributed by atoms with Crippen LogP contribution < -0.4 is 5.32 Å². The lowest BCUT2D eigenvalue weighted by Gasteiger charge is -2.19. The summed E-state index contributed by atoms with van der Waals surface area (Å²) in [6, 6.07) is -1.83. The molecule has 0 aliphatic heterocycles. The number of carboxylic acid groups (broad SMARTS) is 1. The summed E-state index contributed by atoms with van der Waals surface area (Å²) in [6.07, 6.45) is -6.05. The highest BCUT2D eigenvalue weighted by molar-refractivity contribution is 5.88. The van der Waals surface area contributed by atoms with Crippen LogP contribution in [-0.2, 0) is 9.59 Å². The predicted octanol–water partition coefficient (Wildman–Crippen LogP) is 0.773. The van der Waals surface area contributed by atoms with Crippen LogP contribution in [0.1, 0.15) is 6.92 Å². The summed E-state index contributed by atoms with van der Waals surface area (Å²) >= 11 is 0. The lowest BCUT2D eigenvalue weighted by molar-refractivity contribution is -0.270. The zero-order valence-electron chi connectivity index (χ0n) is 7.23. The number of aliphatic carboxylic acids is 1. The van der Waals surface area contributed by atoms with E-state index in [4.69, 9.17) is 5.11 Å². The second-order valence-corrected chi connectivity index (χ2v) is 2.61. The number of carboxylic acids is 1. The van der Waals surface area contributed by atoms with E-state index in [0.29, 0.717) is 0 Å². The molecule has 0 aromatic carbocycles. The molecule has 4 nitrogen and oxygen atoms in total. The van der Waals surface area contributed by atoms with Crippen LogP contribution in [0.2, 0.25) is 0 Å². The van der Waals surface area contributed by atoms with E-state index >= 15 is 0 Å². The molecule has 0 spiro atoms. The number of halogens is 5. The van der Waals surface area contributed by atoms with Gasteiger partial charge >= 0.3 is 24.0 Å². The van der Waals surface area contributed by atoms with Crippen molar-refractivity contribution in [3.05, 3.63) is 0 Å². The van der Waals surface area contributed by atoms with E-state index < -0.39 is 30.0 Å². The summed E-state index contributed by atoms with van der Waals surface area (Å²) in [6.45, 7) is 0.757. The van der Waals surface area contributed by atoms with Gasteiger partial charge in [0.2, 0.25) is 0 Å². The van der Waals surface area contributed by atoms with Gasteiger partial charge in [0.1, 0.15) is 6.04 Å². The van der Waals surface area contributed by atoms with Crippen molar-refractivity contribution in [1.29, 1.82) is 0 Å². The van der Waals surface area contributed by atoms with Crippen LogP contribution in [0.4, 0.5) is 22.0 Å². The molecule has 1 atom stereocenters. The molecule has 0 radical (unpaired) electrons. The third-order valence-corrected chi connectivity index (χ3v) is 1.36. The Bertz CT molecular complexity index is 274. The molecule has 0 fully saturated rings. The zero-order valence-corrected chi connectivity index (χ0v) is 7.23. The van der Waals surface area contributed by atoms with Gasteiger partial charge in [-0.1, -0.05) is 0 Å². The van der Waals surface area contributed by atoms with Crippen molar-refractivity contribution in [3.8, 4) is 0 Å². The fourth-order valence-electron chi connectivity index (χ4n) is 0.478. The van der Waals surface area contributed by atoms with Crippen LogP contribution in [-0.4, -0.2) is 35.1 Å². The third kappa shape index (κ3) is 3.03. The van der Waals surface area contributed by atoms with Crippen LogP contribution in [0.3, 0.4) is 0 Å². The molecule has 15 heavy (non-hydrogen) atoms. The first-order valence-electron chi connectivity index (χ1n) is 3.48. The molecule has 1 unspecified atom stereocenters. The van der Waals surface area contributed by atoms with Gasteiger partial charge < -0.3 is 10.4 Å². The van der Waals surface area contributed by atoms with Crippen molar-refractivity contribution in [2.75, 3.05) is 0 Å². The maximum atomic E-state index is 12.2. The molecule has 0 heterocycles. The average Bonchev–Trinajstić information content (AvgIpc) is 2.01. The minimum Gasteiger partial charge on any atom is -0.480 e. The van der Waals surface area contributed by atoms with Crippen LogP contribution >= 0.6 is 0 Å². The van der Waals surface area contributed by atoms with Gasteiger partial charge in [-0.25, -0.2) is 0 Å². The Morgan fingerprint density at radius 1 is 1.20 bits per heavy atom. The van der Waals surface area contributed by atoms with Crippen LogP contribution in [0, 0.1) is 0 Å². The number of alkyl halides is 5. The van der Waals surface area contributed by atoms with Gasteiger partial charge in [0, 0.05) is 0 Å². The standard InChI is InChI=1S/C6H6F5NO3/c1-2(3(13)14)12-4(15)5(7,8)6(9,10)11/h2H,1H3,(H,12,15)(H,13,14). The summed E-state index contributed by atoms with van der Waals surface area (Å²) in [5.41, 5.74) is 0. The monoisotopic (exact) mass is 235 g/mol. The van der Waals surface area contributed by atoms with E-state index in [9.17, 15) is 31.5 Å². The van der Waals surface area contributed by atoms with E-state index in [2.05, 4.69) is 0 Å². The first-order chi connectivity index (χ1) is 6.50. The molecule has 0 bridgehead atoms. The molecule has 0 aliphatic rings. The van der Waals surface area contributed by atoms with Crippen molar-refractivity contribution in [2.24, 2.45) is 0 Å². The molecular formula is C6H6F5NO3. The number of carbonyl (C=O) groups is 2. The molecule has 0 saturated heterocycles. The van der Waals surface area contributed by atoms with E-state index in [-0.39, 0.29) is 0 Å². The van der Waals surface area contributed by atoms with Gasteiger partial charge in [-0.05, 0) is 6.92 Å². The van der Waals surface area contributed by atoms with E-state index in [1.165, 1.54) is 0 Å². The Morgan fingerprint density at radius 2 is 1.60 bits per heavy atom. The Kier molecular flexibility index (Phi) is 3.61. The fraction of sp³-hybridized carbons (Fsp3) is 0.667. The second kappa shape index (κ2) is 3.99. The summed E-state index contributed by atoms with van der Waals surface area (Å²) in [4.78, 5) is 20.5. The number of nitrogens with one attached hydrogen (secondary N) is 1. The van der Waals surface area contributed by atoms with Gasteiger partial charge in [0.15, 0.2) is 0 Å². The largest absolute Gasteiger partial charge is 0.480 e. The normalized spacial score (nSPS) is 14.5. The number of carbonyl (C=O) groups excluding carboxylic acids is 1. The molecule has 88 valence electrons. The lowest BCUT2D eigenvalue weighted by atomic mass is 10.2. The minimum atomic E-state index is -6.05. The van der Waals surface area contributed by atoms with Crippen molar-refractivity contribution in [2.45, 2.75) is 25.1 Å². The zero-order chi connectivity index (χ0) is 12.4. The van der Waals surface area contributed by atoms with Gasteiger partial charge in [-0.2, -0.15) is 22.0 Å². The van der Waals surface area contributed by atoms with Crippen LogP contribution in [0.15, 0.2) is 0 Å². The lowest BCUT2D eigenvalue weighted by Crippen LogP contribution is -2.53. The third-order valence-electron chi connectivity index (χ3n) is 1.36. The molecule has 9 heteroatoms. The minimum absolute atomic E-state index is 0.757. The summed E-state index contributed by atoms with van der Waals surface area (Å²) in [5.74, 6) is -10.0. The highest BCUT2D eigenvalue weighted by Crippen LogP contribution is 2.35. The summed E-state index contributed by atoms with van der Waals surface area (Å²) in [5, 5.41) is 9.18. The van der Waals surface area contributed by atoms with Gasteiger partial charge in [-0.15, -0.1) is 0 Å². The summed E-state index contributed by atoms with van der Waals surface area (Å²) < 4.78 is 59.2. The van der Waals surface area contributed by atoms with Crippen molar-refractivity contribution >= 4 is 11.9 Å². The molecule has 0 aliphatic carbocycles. The topological polar surface area (TPSA) is 66.4 Å². The van der Waals surface area contributed by atoms with Gasteiger partial charge in [0.25, 0.3) is 0 Å². The van der Waals surface area contributed by atoms with Crippen molar-refractivity contribution < 1.29 is 36.6 Å². The molecule has 0 saturated carbocycles. The molecule has 1 amide bonds. The first kappa shape index (κ1) is 13.6.